The maximum absolute atomic E-state index is 12.4. The van der Waals surface area contributed by atoms with E-state index in [0.717, 1.165) is 36.7 Å². The van der Waals surface area contributed by atoms with Gasteiger partial charge in [-0.25, -0.2) is 4.79 Å². The van der Waals surface area contributed by atoms with E-state index in [2.05, 4.69) is 10.2 Å². The van der Waals surface area contributed by atoms with Crippen LogP contribution >= 0.6 is 11.6 Å². The number of benzene rings is 2. The third-order valence-electron chi connectivity index (χ3n) is 4.59. The van der Waals surface area contributed by atoms with Crippen LogP contribution in [0.2, 0.25) is 5.02 Å². The van der Waals surface area contributed by atoms with Gasteiger partial charge < -0.3 is 19.7 Å². The summed E-state index contributed by atoms with van der Waals surface area (Å²) in [5.74, 6) is 1.46. The Bertz CT molecular complexity index is 792. The van der Waals surface area contributed by atoms with E-state index in [-0.39, 0.29) is 6.03 Å². The lowest BCUT2D eigenvalue weighted by Crippen LogP contribution is -2.49. The molecule has 0 radical (unpaired) electrons. The minimum atomic E-state index is -0.0944. The molecule has 0 atom stereocenters. The van der Waals surface area contributed by atoms with E-state index in [9.17, 15) is 4.79 Å². The number of halogens is 1. The second-order valence-corrected chi connectivity index (χ2v) is 6.83. The first-order valence-electron chi connectivity index (χ1n) is 8.84. The Morgan fingerprint density at radius 1 is 1.04 bits per heavy atom. The average molecular weight is 390 g/mol. The van der Waals surface area contributed by atoms with Gasteiger partial charge >= 0.3 is 6.03 Å². The predicted octanol–water partition coefficient (Wildman–Crippen LogP) is 3.71. The van der Waals surface area contributed by atoms with Crippen molar-refractivity contribution in [3.63, 3.8) is 0 Å². The molecule has 0 aliphatic carbocycles. The van der Waals surface area contributed by atoms with E-state index in [1.165, 1.54) is 0 Å². The molecule has 1 aliphatic heterocycles. The SMILES string of the molecule is COc1ccc(CN2CCN(C(=O)Nc3cccc(Cl)c3)CC2)cc1OC. The normalized spacial score (nSPS) is 14.7. The lowest BCUT2D eigenvalue weighted by molar-refractivity contribution is 0.143. The number of methoxy groups -OCH3 is 2. The van der Waals surface area contributed by atoms with Crippen LogP contribution in [0, 0.1) is 0 Å². The number of hydrogen-bond acceptors (Lipinski definition) is 4. The lowest BCUT2D eigenvalue weighted by atomic mass is 10.1. The summed E-state index contributed by atoms with van der Waals surface area (Å²) in [6.07, 6.45) is 0. The Morgan fingerprint density at radius 3 is 2.44 bits per heavy atom. The largest absolute Gasteiger partial charge is 0.493 e. The number of carbonyl (C=O) groups excluding carboxylic acids is 1. The molecule has 1 fully saturated rings. The number of urea groups is 1. The molecule has 0 saturated carbocycles. The monoisotopic (exact) mass is 389 g/mol. The summed E-state index contributed by atoms with van der Waals surface area (Å²) in [6, 6.07) is 13.0. The zero-order valence-electron chi connectivity index (χ0n) is 15.6. The number of nitrogens with one attached hydrogen (secondary N) is 1. The van der Waals surface area contributed by atoms with Gasteiger partial charge in [0.25, 0.3) is 0 Å². The van der Waals surface area contributed by atoms with Gasteiger partial charge in [-0.3, -0.25) is 4.90 Å². The van der Waals surface area contributed by atoms with Crippen molar-refractivity contribution in [3.8, 4) is 11.5 Å². The van der Waals surface area contributed by atoms with Gasteiger partial charge in [0, 0.05) is 43.4 Å². The topological polar surface area (TPSA) is 54.0 Å². The maximum atomic E-state index is 12.4. The maximum Gasteiger partial charge on any atom is 0.321 e. The Kier molecular flexibility index (Phi) is 6.42. The summed E-state index contributed by atoms with van der Waals surface area (Å²) in [7, 11) is 3.27. The minimum absolute atomic E-state index is 0.0944. The van der Waals surface area contributed by atoms with Crippen molar-refractivity contribution in [1.29, 1.82) is 0 Å². The van der Waals surface area contributed by atoms with Crippen LogP contribution < -0.4 is 14.8 Å². The van der Waals surface area contributed by atoms with E-state index in [1.807, 2.05) is 35.2 Å². The van der Waals surface area contributed by atoms with E-state index >= 15 is 0 Å². The molecule has 1 saturated heterocycles. The Hall–Kier alpha value is -2.44. The lowest BCUT2D eigenvalue weighted by Gasteiger charge is -2.34. The molecular weight excluding hydrogens is 366 g/mol. The number of ether oxygens (including phenoxy) is 2. The summed E-state index contributed by atoms with van der Waals surface area (Å²) < 4.78 is 10.6. The van der Waals surface area contributed by atoms with Gasteiger partial charge in [0.2, 0.25) is 0 Å². The Labute approximate surface area is 164 Å². The van der Waals surface area contributed by atoms with Crippen LogP contribution in [0.25, 0.3) is 0 Å². The molecule has 3 rings (SSSR count). The van der Waals surface area contributed by atoms with Gasteiger partial charge in [-0.15, -0.1) is 0 Å². The number of anilines is 1. The zero-order valence-corrected chi connectivity index (χ0v) is 16.3. The van der Waals surface area contributed by atoms with Gasteiger partial charge in [-0.2, -0.15) is 0 Å². The van der Waals surface area contributed by atoms with Crippen LogP contribution in [-0.2, 0) is 6.54 Å². The first-order chi connectivity index (χ1) is 13.1. The van der Waals surface area contributed by atoms with Crippen molar-refractivity contribution < 1.29 is 14.3 Å². The van der Waals surface area contributed by atoms with Gasteiger partial charge in [-0.1, -0.05) is 23.7 Å². The van der Waals surface area contributed by atoms with E-state index in [4.69, 9.17) is 21.1 Å². The molecule has 0 spiro atoms. The highest BCUT2D eigenvalue weighted by atomic mass is 35.5. The summed E-state index contributed by atoms with van der Waals surface area (Å²) in [6.45, 7) is 3.80. The molecule has 1 heterocycles. The van der Waals surface area contributed by atoms with Gasteiger partial charge in [0.15, 0.2) is 11.5 Å². The number of rotatable bonds is 5. The molecule has 0 aromatic heterocycles. The highest BCUT2D eigenvalue weighted by Gasteiger charge is 2.21. The number of amides is 2. The molecule has 144 valence electrons. The summed E-state index contributed by atoms with van der Waals surface area (Å²) in [5, 5.41) is 3.50. The van der Waals surface area contributed by atoms with Crippen molar-refractivity contribution in [2.75, 3.05) is 45.7 Å². The van der Waals surface area contributed by atoms with E-state index < -0.39 is 0 Å². The summed E-state index contributed by atoms with van der Waals surface area (Å²) in [5.41, 5.74) is 1.87. The number of hydrogen-bond donors (Lipinski definition) is 1. The van der Waals surface area contributed by atoms with Gasteiger partial charge in [0.1, 0.15) is 0 Å². The highest BCUT2D eigenvalue weighted by Crippen LogP contribution is 2.28. The van der Waals surface area contributed by atoms with Crippen LogP contribution in [0.5, 0.6) is 11.5 Å². The standard InChI is InChI=1S/C20H24ClN3O3/c1-26-18-7-6-15(12-19(18)27-2)14-23-8-10-24(11-9-23)20(25)22-17-5-3-4-16(21)13-17/h3-7,12-13H,8-11,14H2,1-2H3,(H,22,25). The minimum Gasteiger partial charge on any atom is -0.493 e. The van der Waals surface area contributed by atoms with Crippen LogP contribution in [0.1, 0.15) is 5.56 Å². The van der Waals surface area contributed by atoms with Crippen molar-refractivity contribution in [2.24, 2.45) is 0 Å². The smallest absolute Gasteiger partial charge is 0.321 e. The van der Waals surface area contributed by atoms with Gasteiger partial charge in [0.05, 0.1) is 14.2 Å². The molecule has 2 amide bonds. The third kappa shape index (κ3) is 5.05. The molecule has 1 aliphatic rings. The second kappa shape index (κ2) is 8.97. The van der Waals surface area contributed by atoms with Gasteiger partial charge in [-0.05, 0) is 35.9 Å². The van der Waals surface area contributed by atoms with Crippen molar-refractivity contribution in [3.05, 3.63) is 53.1 Å². The quantitative estimate of drug-likeness (QED) is 0.847. The molecule has 7 heteroatoms. The molecular formula is C20H24ClN3O3. The van der Waals surface area contributed by atoms with Crippen molar-refractivity contribution in [1.82, 2.24) is 9.80 Å². The predicted molar refractivity (Wildman–Crippen MR) is 107 cm³/mol. The second-order valence-electron chi connectivity index (χ2n) is 6.39. The molecule has 1 N–H and O–H groups in total. The fourth-order valence-corrected chi connectivity index (χ4v) is 3.31. The number of nitrogens with zero attached hydrogens (tertiary/aromatic N) is 2. The van der Waals surface area contributed by atoms with E-state index in [0.29, 0.717) is 23.8 Å². The Morgan fingerprint density at radius 2 is 1.78 bits per heavy atom. The van der Waals surface area contributed by atoms with E-state index in [1.54, 1.807) is 26.4 Å². The first kappa shape index (κ1) is 19.3. The fraction of sp³-hybridized carbons (Fsp3) is 0.350. The average Bonchev–Trinajstić information content (AvgIpc) is 2.68. The summed E-state index contributed by atoms with van der Waals surface area (Å²) in [4.78, 5) is 16.6. The molecule has 6 nitrogen and oxygen atoms in total. The zero-order chi connectivity index (χ0) is 19.2. The fourth-order valence-electron chi connectivity index (χ4n) is 3.12. The highest BCUT2D eigenvalue weighted by molar-refractivity contribution is 6.30. The third-order valence-corrected chi connectivity index (χ3v) is 4.82. The van der Waals surface area contributed by atoms with Crippen LogP contribution in [0.4, 0.5) is 10.5 Å². The molecule has 27 heavy (non-hydrogen) atoms. The molecule has 0 unspecified atom stereocenters. The number of piperazine rings is 1. The van der Waals surface area contributed by atoms with Crippen LogP contribution in [0.3, 0.4) is 0 Å². The van der Waals surface area contributed by atoms with Crippen molar-refractivity contribution >= 4 is 23.3 Å². The molecule has 2 aromatic carbocycles. The Balaban J connectivity index is 1.52. The van der Waals surface area contributed by atoms with Crippen LogP contribution in [-0.4, -0.2) is 56.2 Å². The first-order valence-corrected chi connectivity index (χ1v) is 9.21. The number of carbonyl (C=O) groups is 1. The molecule has 0 bridgehead atoms. The van der Waals surface area contributed by atoms with Crippen molar-refractivity contribution in [2.45, 2.75) is 6.54 Å². The van der Waals surface area contributed by atoms with Crippen LogP contribution in [0.15, 0.2) is 42.5 Å². The molecule has 2 aromatic rings. The summed E-state index contributed by atoms with van der Waals surface area (Å²) >= 11 is 5.96.